The van der Waals surface area contributed by atoms with Crippen LogP contribution in [0.3, 0.4) is 0 Å². The fourth-order valence-electron chi connectivity index (χ4n) is 3.39. The molecule has 1 heterocycles. The maximum absolute atomic E-state index is 5.58. The molecule has 0 spiro atoms. The minimum atomic E-state index is -0.0632. The predicted octanol–water partition coefficient (Wildman–Crippen LogP) is 5.88. The summed E-state index contributed by atoms with van der Waals surface area (Å²) in [6.07, 6.45) is 4.29. The van der Waals surface area contributed by atoms with Crippen molar-refractivity contribution in [2.24, 2.45) is 0 Å². The van der Waals surface area contributed by atoms with E-state index in [-0.39, 0.29) is 5.54 Å². The van der Waals surface area contributed by atoms with E-state index in [0.29, 0.717) is 0 Å². The van der Waals surface area contributed by atoms with Crippen molar-refractivity contribution in [3.05, 3.63) is 60.7 Å². The van der Waals surface area contributed by atoms with Crippen molar-refractivity contribution in [3.63, 3.8) is 0 Å². The number of fused-ring (bicyclic) bond motifs is 1. The van der Waals surface area contributed by atoms with Crippen molar-refractivity contribution in [1.29, 1.82) is 0 Å². The van der Waals surface area contributed by atoms with Gasteiger partial charge in [0.05, 0.1) is 19.8 Å². The number of anilines is 1. The molecule has 2 aromatic carbocycles. The summed E-state index contributed by atoms with van der Waals surface area (Å²) in [6.45, 7) is 8.23. The van der Waals surface area contributed by atoms with Gasteiger partial charge in [-0.05, 0) is 55.3 Å². The first kappa shape index (κ1) is 19.4. The highest BCUT2D eigenvalue weighted by Crippen LogP contribution is 2.40. The zero-order valence-electron chi connectivity index (χ0n) is 16.5. The summed E-state index contributed by atoms with van der Waals surface area (Å²) in [7, 11) is 3.38. The maximum Gasteiger partial charge on any atom is 0.126 e. The zero-order valence-corrected chi connectivity index (χ0v) is 17.3. The molecular formula is C23H27NO2S. The predicted molar refractivity (Wildman–Crippen MR) is 118 cm³/mol. The largest absolute Gasteiger partial charge is 0.497 e. The van der Waals surface area contributed by atoms with E-state index >= 15 is 0 Å². The molecular weight excluding hydrogens is 354 g/mol. The maximum atomic E-state index is 5.58. The van der Waals surface area contributed by atoms with E-state index in [1.807, 2.05) is 36.0 Å². The Morgan fingerprint density at radius 2 is 1.89 bits per heavy atom. The molecule has 1 aliphatic heterocycles. The molecule has 2 aromatic rings. The second kappa shape index (κ2) is 8.13. The van der Waals surface area contributed by atoms with E-state index < -0.39 is 0 Å². The van der Waals surface area contributed by atoms with Gasteiger partial charge in [-0.2, -0.15) is 11.8 Å². The van der Waals surface area contributed by atoms with Gasteiger partial charge in [0.25, 0.3) is 0 Å². The number of thioether (sulfide) groups is 1. The summed E-state index contributed by atoms with van der Waals surface area (Å²) in [5.41, 5.74) is 5.85. The average molecular weight is 382 g/mol. The molecule has 0 unspecified atom stereocenters. The SMILES string of the molecule is C=CCSCC1=CC(C)(C)Nc2ccc(-c3cc(OC)ccc3OC)cc21. The Balaban J connectivity index is 2.05. The average Bonchev–Trinajstić information content (AvgIpc) is 2.66. The van der Waals surface area contributed by atoms with Crippen LogP contribution in [0.25, 0.3) is 16.7 Å². The Hall–Kier alpha value is -2.33. The van der Waals surface area contributed by atoms with Gasteiger partial charge in [0.15, 0.2) is 0 Å². The van der Waals surface area contributed by atoms with Crippen LogP contribution in [-0.4, -0.2) is 31.3 Å². The lowest BCUT2D eigenvalue weighted by Gasteiger charge is -2.32. The Morgan fingerprint density at radius 3 is 2.59 bits per heavy atom. The number of methoxy groups -OCH3 is 2. The molecule has 0 aliphatic carbocycles. The first-order valence-electron chi connectivity index (χ1n) is 9.03. The molecule has 27 heavy (non-hydrogen) atoms. The summed E-state index contributed by atoms with van der Waals surface area (Å²) < 4.78 is 11.0. The normalized spacial score (nSPS) is 14.6. The molecule has 0 fully saturated rings. The number of hydrogen-bond acceptors (Lipinski definition) is 4. The Bertz CT molecular complexity index is 871. The van der Waals surface area contributed by atoms with Gasteiger partial charge < -0.3 is 14.8 Å². The van der Waals surface area contributed by atoms with Gasteiger partial charge in [-0.3, -0.25) is 0 Å². The number of nitrogens with one attached hydrogen (secondary N) is 1. The molecule has 0 saturated carbocycles. The van der Waals surface area contributed by atoms with Gasteiger partial charge in [0.1, 0.15) is 11.5 Å². The molecule has 4 heteroatoms. The van der Waals surface area contributed by atoms with E-state index in [9.17, 15) is 0 Å². The van der Waals surface area contributed by atoms with Crippen LogP contribution in [0.1, 0.15) is 19.4 Å². The van der Waals surface area contributed by atoms with Crippen molar-refractivity contribution >= 4 is 23.0 Å². The van der Waals surface area contributed by atoms with Crippen molar-refractivity contribution in [2.75, 3.05) is 31.0 Å². The summed E-state index contributed by atoms with van der Waals surface area (Å²) >= 11 is 1.88. The van der Waals surface area contributed by atoms with Gasteiger partial charge in [0.2, 0.25) is 0 Å². The topological polar surface area (TPSA) is 30.5 Å². The summed E-state index contributed by atoms with van der Waals surface area (Å²) in [5, 5.41) is 3.62. The molecule has 3 nitrogen and oxygen atoms in total. The molecule has 0 aromatic heterocycles. The fraction of sp³-hybridized carbons (Fsp3) is 0.304. The Kier molecular flexibility index (Phi) is 5.85. The van der Waals surface area contributed by atoms with Gasteiger partial charge in [-0.15, -0.1) is 6.58 Å². The minimum absolute atomic E-state index is 0.0632. The van der Waals surface area contributed by atoms with E-state index in [1.54, 1.807) is 14.2 Å². The third kappa shape index (κ3) is 4.33. The smallest absolute Gasteiger partial charge is 0.126 e. The number of benzene rings is 2. The third-order valence-electron chi connectivity index (χ3n) is 4.57. The van der Waals surface area contributed by atoms with E-state index in [0.717, 1.165) is 34.1 Å². The molecule has 0 radical (unpaired) electrons. The lowest BCUT2D eigenvalue weighted by atomic mass is 9.89. The fourth-order valence-corrected chi connectivity index (χ4v) is 4.14. The molecule has 0 saturated heterocycles. The van der Waals surface area contributed by atoms with Crippen LogP contribution in [0.2, 0.25) is 0 Å². The van der Waals surface area contributed by atoms with Crippen LogP contribution in [0.4, 0.5) is 5.69 Å². The summed E-state index contributed by atoms with van der Waals surface area (Å²) in [4.78, 5) is 0. The molecule has 3 rings (SSSR count). The van der Waals surface area contributed by atoms with Crippen LogP contribution in [0.5, 0.6) is 11.5 Å². The highest BCUT2D eigenvalue weighted by molar-refractivity contribution is 7.99. The molecule has 0 amide bonds. The van der Waals surface area contributed by atoms with Gasteiger partial charge >= 0.3 is 0 Å². The van der Waals surface area contributed by atoms with Crippen LogP contribution in [0, 0.1) is 0 Å². The monoisotopic (exact) mass is 381 g/mol. The van der Waals surface area contributed by atoms with E-state index in [1.165, 1.54) is 16.8 Å². The number of hydrogen-bond donors (Lipinski definition) is 1. The standard InChI is InChI=1S/C23H27NO2S/c1-6-11-27-15-17-14-23(2,3)24-21-9-7-16(12-19(17)21)20-13-18(25-4)8-10-22(20)26-5/h6-10,12-14,24H,1,11,15H2,2-5H3. The number of rotatable bonds is 7. The van der Waals surface area contributed by atoms with Crippen molar-refractivity contribution in [1.82, 2.24) is 0 Å². The van der Waals surface area contributed by atoms with Crippen molar-refractivity contribution in [3.8, 4) is 22.6 Å². The van der Waals surface area contributed by atoms with Gasteiger partial charge in [0, 0.05) is 28.3 Å². The highest BCUT2D eigenvalue weighted by atomic mass is 32.2. The first-order valence-corrected chi connectivity index (χ1v) is 10.2. The summed E-state index contributed by atoms with van der Waals surface area (Å²) in [6, 6.07) is 12.4. The Morgan fingerprint density at radius 1 is 1.07 bits per heavy atom. The van der Waals surface area contributed by atoms with Crippen molar-refractivity contribution in [2.45, 2.75) is 19.4 Å². The van der Waals surface area contributed by atoms with Gasteiger partial charge in [-0.25, -0.2) is 0 Å². The van der Waals surface area contributed by atoms with Crippen molar-refractivity contribution < 1.29 is 9.47 Å². The van der Waals surface area contributed by atoms with Crippen LogP contribution in [0.15, 0.2) is 55.1 Å². The van der Waals surface area contributed by atoms with Crippen LogP contribution < -0.4 is 14.8 Å². The molecule has 142 valence electrons. The third-order valence-corrected chi connectivity index (χ3v) is 5.55. The number of ether oxygens (including phenoxy) is 2. The highest BCUT2D eigenvalue weighted by Gasteiger charge is 2.24. The molecule has 0 atom stereocenters. The quantitative estimate of drug-likeness (QED) is 0.479. The van der Waals surface area contributed by atoms with Crippen LogP contribution >= 0.6 is 11.8 Å². The molecule has 1 aliphatic rings. The van der Waals surface area contributed by atoms with Gasteiger partial charge in [-0.1, -0.05) is 18.2 Å². The second-order valence-corrected chi connectivity index (χ2v) is 8.18. The van der Waals surface area contributed by atoms with Crippen LogP contribution in [-0.2, 0) is 0 Å². The van der Waals surface area contributed by atoms with E-state index in [4.69, 9.17) is 9.47 Å². The first-order chi connectivity index (χ1) is 13.0. The Labute approximate surface area is 166 Å². The molecule has 0 bridgehead atoms. The molecule has 1 N–H and O–H groups in total. The summed E-state index contributed by atoms with van der Waals surface area (Å²) in [5.74, 6) is 3.57. The zero-order chi connectivity index (χ0) is 19.4. The lowest BCUT2D eigenvalue weighted by Crippen LogP contribution is -2.32. The second-order valence-electron chi connectivity index (χ2n) is 7.15. The minimum Gasteiger partial charge on any atom is -0.497 e. The van der Waals surface area contributed by atoms with E-state index in [2.05, 4.69) is 50.0 Å². The lowest BCUT2D eigenvalue weighted by molar-refractivity contribution is 0.404.